The van der Waals surface area contributed by atoms with E-state index in [0.29, 0.717) is 15.7 Å². The molecule has 1 aromatic carbocycles. The van der Waals surface area contributed by atoms with Crippen molar-refractivity contribution in [3.05, 3.63) is 46.2 Å². The second kappa shape index (κ2) is 8.24. The number of nitrogens with zero attached hydrogens (tertiary/aromatic N) is 4. The number of aromatic nitrogens is 4. The molecule has 0 unspecified atom stereocenters. The molecule has 3 rings (SSSR count). The molecule has 2 aromatic heterocycles. The van der Waals surface area contributed by atoms with Gasteiger partial charge in [0.05, 0.1) is 10.6 Å². The predicted molar refractivity (Wildman–Crippen MR) is 102 cm³/mol. The van der Waals surface area contributed by atoms with Crippen molar-refractivity contribution >= 4 is 40.5 Å². The summed E-state index contributed by atoms with van der Waals surface area (Å²) in [4.78, 5) is 26.0. The van der Waals surface area contributed by atoms with Gasteiger partial charge in [0.15, 0.2) is 5.78 Å². The lowest BCUT2D eigenvalue weighted by atomic mass is 10.2. The van der Waals surface area contributed by atoms with Gasteiger partial charge < -0.3 is 5.32 Å². The number of hydrogen-bond acceptors (Lipinski definition) is 7. The van der Waals surface area contributed by atoms with Crippen molar-refractivity contribution in [2.45, 2.75) is 24.9 Å². The summed E-state index contributed by atoms with van der Waals surface area (Å²) < 4.78 is 1.60. The van der Waals surface area contributed by atoms with E-state index in [0.717, 1.165) is 10.6 Å². The fourth-order valence-corrected chi connectivity index (χ4v) is 3.61. The number of aryl methyl sites for hydroxylation is 1. The first-order valence-corrected chi connectivity index (χ1v) is 9.93. The van der Waals surface area contributed by atoms with Crippen molar-refractivity contribution in [2.24, 2.45) is 0 Å². The van der Waals surface area contributed by atoms with Crippen molar-refractivity contribution in [1.82, 2.24) is 20.2 Å². The highest BCUT2D eigenvalue weighted by Gasteiger charge is 2.12. The van der Waals surface area contributed by atoms with Crippen LogP contribution in [0, 0.1) is 6.92 Å². The first-order chi connectivity index (χ1) is 12.6. The van der Waals surface area contributed by atoms with E-state index in [1.54, 1.807) is 22.9 Å². The average Bonchev–Trinajstić information content (AvgIpc) is 3.28. The fourth-order valence-electron chi connectivity index (χ4n) is 2.34. The summed E-state index contributed by atoms with van der Waals surface area (Å²) in [6.07, 6.45) is 2.22. The summed E-state index contributed by atoms with van der Waals surface area (Å²) in [5, 5.41) is 15.0. The summed E-state index contributed by atoms with van der Waals surface area (Å²) in [5.41, 5.74) is 1.39. The number of thiophene rings is 1. The molecular weight excluding hydrogens is 370 g/mol. The second-order valence-corrected chi connectivity index (χ2v) is 7.57. The quantitative estimate of drug-likeness (QED) is 0.494. The van der Waals surface area contributed by atoms with Gasteiger partial charge >= 0.3 is 0 Å². The number of rotatable bonds is 7. The van der Waals surface area contributed by atoms with Gasteiger partial charge in [-0.05, 0) is 53.9 Å². The summed E-state index contributed by atoms with van der Waals surface area (Å²) in [6.45, 7) is 1.95. The van der Waals surface area contributed by atoms with Crippen molar-refractivity contribution in [3.8, 4) is 5.69 Å². The van der Waals surface area contributed by atoms with Crippen LogP contribution in [0.1, 0.15) is 27.4 Å². The molecule has 26 heavy (non-hydrogen) atoms. The standard InChI is InChI=1S/C17H17N5O2S2/c1-11-6-8-15(26-11)14(23)7-9-16(24)18-12-4-3-5-13(10-12)22-17(25-2)19-20-21-22/h3-6,8,10H,7,9H2,1-2H3,(H,18,24). The third-order valence-electron chi connectivity index (χ3n) is 3.59. The van der Waals surface area contributed by atoms with E-state index >= 15 is 0 Å². The van der Waals surface area contributed by atoms with Crippen LogP contribution < -0.4 is 5.32 Å². The van der Waals surface area contributed by atoms with E-state index in [9.17, 15) is 9.59 Å². The number of tetrazole rings is 1. The minimum atomic E-state index is -0.203. The van der Waals surface area contributed by atoms with Crippen molar-refractivity contribution < 1.29 is 9.59 Å². The molecule has 2 heterocycles. The van der Waals surface area contributed by atoms with Gasteiger partial charge in [-0.25, -0.2) is 0 Å². The van der Waals surface area contributed by atoms with Crippen LogP contribution in [0.3, 0.4) is 0 Å². The summed E-state index contributed by atoms with van der Waals surface area (Å²) in [6, 6.07) is 11.0. The molecule has 9 heteroatoms. The number of carbonyl (C=O) groups is 2. The molecule has 0 fully saturated rings. The third kappa shape index (κ3) is 4.36. The Labute approximate surface area is 158 Å². The lowest BCUT2D eigenvalue weighted by Crippen LogP contribution is -2.13. The molecule has 0 spiro atoms. The molecule has 0 aliphatic heterocycles. The van der Waals surface area contributed by atoms with E-state index in [1.165, 1.54) is 23.1 Å². The van der Waals surface area contributed by atoms with Crippen LogP contribution in [0.25, 0.3) is 5.69 Å². The van der Waals surface area contributed by atoms with E-state index in [-0.39, 0.29) is 24.5 Å². The molecule has 0 aliphatic rings. The van der Waals surface area contributed by atoms with E-state index in [2.05, 4.69) is 20.8 Å². The molecule has 3 aromatic rings. The zero-order valence-electron chi connectivity index (χ0n) is 14.3. The highest BCUT2D eigenvalue weighted by atomic mass is 32.2. The fraction of sp³-hybridized carbons (Fsp3) is 0.235. The molecule has 1 amide bonds. The number of thioether (sulfide) groups is 1. The number of ketones is 1. The Balaban J connectivity index is 1.61. The van der Waals surface area contributed by atoms with Crippen LogP contribution in [0.15, 0.2) is 41.6 Å². The van der Waals surface area contributed by atoms with E-state index in [1.807, 2.05) is 31.4 Å². The van der Waals surface area contributed by atoms with Crippen molar-refractivity contribution in [2.75, 3.05) is 11.6 Å². The summed E-state index contributed by atoms with van der Waals surface area (Å²) in [7, 11) is 0. The van der Waals surface area contributed by atoms with Gasteiger partial charge in [0.25, 0.3) is 0 Å². The van der Waals surface area contributed by atoms with Gasteiger partial charge in [-0.1, -0.05) is 17.8 Å². The Morgan fingerprint density at radius 2 is 2.08 bits per heavy atom. The van der Waals surface area contributed by atoms with Gasteiger partial charge in [0.2, 0.25) is 11.1 Å². The van der Waals surface area contributed by atoms with E-state index < -0.39 is 0 Å². The maximum Gasteiger partial charge on any atom is 0.224 e. The van der Waals surface area contributed by atoms with Crippen LogP contribution in [0.4, 0.5) is 5.69 Å². The molecule has 0 atom stereocenters. The third-order valence-corrected chi connectivity index (χ3v) is 5.25. The Hall–Kier alpha value is -2.52. The SMILES string of the molecule is CSc1nnnn1-c1cccc(NC(=O)CCC(=O)c2ccc(C)s2)c1. The number of hydrogen-bond donors (Lipinski definition) is 1. The number of Topliss-reactive ketones (excluding diaryl/α,β-unsaturated/α-hetero) is 1. The van der Waals surface area contributed by atoms with Gasteiger partial charge in [-0.3, -0.25) is 9.59 Å². The molecular formula is C17H17N5O2S2. The largest absolute Gasteiger partial charge is 0.326 e. The normalized spacial score (nSPS) is 10.7. The predicted octanol–water partition coefficient (Wildman–Crippen LogP) is 3.36. The van der Waals surface area contributed by atoms with Crippen LogP contribution in [-0.2, 0) is 4.79 Å². The van der Waals surface area contributed by atoms with Crippen molar-refractivity contribution in [3.63, 3.8) is 0 Å². The Morgan fingerprint density at radius 3 is 2.81 bits per heavy atom. The van der Waals surface area contributed by atoms with Crippen LogP contribution in [0.5, 0.6) is 0 Å². The minimum Gasteiger partial charge on any atom is -0.326 e. The van der Waals surface area contributed by atoms with Crippen LogP contribution in [-0.4, -0.2) is 38.2 Å². The Morgan fingerprint density at radius 1 is 1.23 bits per heavy atom. The molecule has 7 nitrogen and oxygen atoms in total. The van der Waals surface area contributed by atoms with Crippen LogP contribution >= 0.6 is 23.1 Å². The smallest absolute Gasteiger partial charge is 0.224 e. The molecule has 0 saturated carbocycles. The number of nitrogens with one attached hydrogen (secondary N) is 1. The molecule has 0 bridgehead atoms. The summed E-state index contributed by atoms with van der Waals surface area (Å²) in [5.74, 6) is -0.212. The molecule has 0 saturated heterocycles. The first kappa shape index (κ1) is 18.3. The lowest BCUT2D eigenvalue weighted by molar-refractivity contribution is -0.116. The number of anilines is 1. The van der Waals surface area contributed by atoms with Gasteiger partial charge in [0.1, 0.15) is 0 Å². The summed E-state index contributed by atoms with van der Waals surface area (Å²) >= 11 is 2.88. The highest BCUT2D eigenvalue weighted by Crippen LogP contribution is 2.20. The first-order valence-electron chi connectivity index (χ1n) is 7.89. The van der Waals surface area contributed by atoms with Gasteiger partial charge in [-0.2, -0.15) is 4.68 Å². The highest BCUT2D eigenvalue weighted by molar-refractivity contribution is 7.98. The van der Waals surface area contributed by atoms with Crippen LogP contribution in [0.2, 0.25) is 0 Å². The Kier molecular flexibility index (Phi) is 5.79. The molecule has 1 N–H and O–H groups in total. The molecule has 0 aliphatic carbocycles. The monoisotopic (exact) mass is 387 g/mol. The zero-order chi connectivity index (χ0) is 18.5. The number of benzene rings is 1. The number of carbonyl (C=O) groups excluding carboxylic acids is 2. The topological polar surface area (TPSA) is 89.8 Å². The maximum absolute atomic E-state index is 12.2. The van der Waals surface area contributed by atoms with Crippen molar-refractivity contribution in [1.29, 1.82) is 0 Å². The van der Waals surface area contributed by atoms with Gasteiger partial charge in [-0.15, -0.1) is 16.4 Å². The maximum atomic E-state index is 12.2. The van der Waals surface area contributed by atoms with Gasteiger partial charge in [0, 0.05) is 23.4 Å². The molecule has 0 radical (unpaired) electrons. The lowest BCUT2D eigenvalue weighted by Gasteiger charge is -2.08. The van der Waals surface area contributed by atoms with E-state index in [4.69, 9.17) is 0 Å². The zero-order valence-corrected chi connectivity index (χ0v) is 15.9. The number of amides is 1. The average molecular weight is 387 g/mol. The Bertz CT molecular complexity index is 935. The molecule has 134 valence electrons. The minimum absolute atomic E-state index is 0.00898. The second-order valence-electron chi connectivity index (χ2n) is 5.51.